The molecule has 0 bridgehead atoms. The van der Waals surface area contributed by atoms with Crippen LogP contribution in [0.15, 0.2) is 59.8 Å². The monoisotopic (exact) mass is 553 g/mol. The molecule has 5 rings (SSSR count). The molecule has 1 aliphatic heterocycles. The van der Waals surface area contributed by atoms with Gasteiger partial charge in [-0.05, 0) is 50.2 Å². The van der Waals surface area contributed by atoms with E-state index in [1.165, 1.54) is 11.8 Å². The average molecular weight is 555 g/mol. The fourth-order valence-corrected chi connectivity index (χ4v) is 5.77. The van der Waals surface area contributed by atoms with Crippen molar-refractivity contribution >= 4 is 46.6 Å². The Morgan fingerprint density at radius 1 is 0.892 bits per heavy atom. The van der Waals surface area contributed by atoms with Crippen LogP contribution in [0.5, 0.6) is 0 Å². The normalized spacial score (nSPS) is 13.7. The highest BCUT2D eigenvalue weighted by Crippen LogP contribution is 2.28. The maximum absolute atomic E-state index is 13.7. The van der Waals surface area contributed by atoms with E-state index in [2.05, 4.69) is 37.3 Å². The molecular weight excluding hydrogens is 529 g/mol. The number of rotatable bonds is 6. The number of hydrogen-bond acceptors (Lipinski definition) is 7. The molecule has 2 aromatic heterocycles. The summed E-state index contributed by atoms with van der Waals surface area (Å²) in [6, 6.07) is 17.3. The van der Waals surface area contributed by atoms with Gasteiger partial charge < -0.3 is 9.80 Å². The Kier molecular flexibility index (Phi) is 7.64. The van der Waals surface area contributed by atoms with Crippen molar-refractivity contribution in [3.8, 4) is 5.69 Å². The number of anilines is 1. The standard InChI is InChI=1S/C26H25Cl2N7OS/c1-17-12-18(2)30-26(29-17)37-16-23-24(31-32-35(23)22-14-19(27)13-20(28)15-22)25(36)34-10-8-33(9-11-34)21-6-4-3-5-7-21/h3-7,12-15H,8-11,16H2,1-2H3. The minimum Gasteiger partial charge on any atom is -0.368 e. The van der Waals surface area contributed by atoms with Gasteiger partial charge in [0.15, 0.2) is 10.9 Å². The summed E-state index contributed by atoms with van der Waals surface area (Å²) in [5.41, 5.74) is 4.51. The van der Waals surface area contributed by atoms with E-state index in [0.29, 0.717) is 51.1 Å². The van der Waals surface area contributed by atoms with Crippen LogP contribution in [0, 0.1) is 13.8 Å². The predicted octanol–water partition coefficient (Wildman–Crippen LogP) is 5.24. The van der Waals surface area contributed by atoms with Gasteiger partial charge >= 0.3 is 0 Å². The molecule has 0 N–H and O–H groups in total. The Hall–Kier alpha value is -3.14. The number of aromatic nitrogens is 5. The molecule has 8 nitrogen and oxygen atoms in total. The van der Waals surface area contributed by atoms with Crippen molar-refractivity contribution in [1.29, 1.82) is 0 Å². The maximum Gasteiger partial charge on any atom is 0.276 e. The third-order valence-electron chi connectivity index (χ3n) is 6.05. The van der Waals surface area contributed by atoms with Gasteiger partial charge in [0.2, 0.25) is 0 Å². The summed E-state index contributed by atoms with van der Waals surface area (Å²) in [4.78, 5) is 26.8. The van der Waals surface area contributed by atoms with Crippen molar-refractivity contribution in [2.45, 2.75) is 24.8 Å². The van der Waals surface area contributed by atoms with Gasteiger partial charge in [0.05, 0.1) is 11.4 Å². The third kappa shape index (κ3) is 5.89. The summed E-state index contributed by atoms with van der Waals surface area (Å²) in [5.74, 6) is 0.245. The summed E-state index contributed by atoms with van der Waals surface area (Å²) < 4.78 is 1.63. The Morgan fingerprint density at radius 3 is 2.19 bits per heavy atom. The highest BCUT2D eigenvalue weighted by Gasteiger charge is 2.28. The van der Waals surface area contributed by atoms with Crippen LogP contribution in [0.2, 0.25) is 10.0 Å². The first-order chi connectivity index (χ1) is 17.9. The Bertz CT molecular complexity index is 1380. The molecule has 4 aromatic rings. The van der Waals surface area contributed by atoms with Crippen molar-refractivity contribution in [2.24, 2.45) is 0 Å². The van der Waals surface area contributed by atoms with Crippen LogP contribution in [0.25, 0.3) is 5.69 Å². The van der Waals surface area contributed by atoms with Crippen LogP contribution in [0.4, 0.5) is 5.69 Å². The lowest BCUT2D eigenvalue weighted by molar-refractivity contribution is 0.0740. The molecule has 0 radical (unpaired) electrons. The van der Waals surface area contributed by atoms with Gasteiger partial charge in [0, 0.05) is 59.1 Å². The second-order valence-electron chi connectivity index (χ2n) is 8.76. The maximum atomic E-state index is 13.7. The van der Waals surface area contributed by atoms with Gasteiger partial charge in [0.25, 0.3) is 5.91 Å². The van der Waals surface area contributed by atoms with E-state index in [0.717, 1.165) is 30.2 Å². The fraction of sp³-hybridized carbons (Fsp3) is 0.269. The van der Waals surface area contributed by atoms with Crippen molar-refractivity contribution in [1.82, 2.24) is 29.9 Å². The van der Waals surface area contributed by atoms with Crippen LogP contribution in [-0.2, 0) is 5.75 Å². The Morgan fingerprint density at radius 2 is 1.54 bits per heavy atom. The molecule has 0 spiro atoms. The SMILES string of the molecule is Cc1cc(C)nc(SCc2c(C(=O)N3CCN(c4ccccc4)CC3)nnn2-c2cc(Cl)cc(Cl)c2)n1. The minimum absolute atomic E-state index is 0.149. The van der Waals surface area contributed by atoms with E-state index < -0.39 is 0 Å². The molecular formula is C26H25Cl2N7OS. The van der Waals surface area contributed by atoms with Gasteiger partial charge in [-0.2, -0.15) is 0 Å². The van der Waals surface area contributed by atoms with Gasteiger partial charge in [-0.1, -0.05) is 58.4 Å². The van der Waals surface area contributed by atoms with Crippen LogP contribution in [-0.4, -0.2) is 61.9 Å². The average Bonchev–Trinajstić information content (AvgIpc) is 3.30. The molecule has 11 heteroatoms. The lowest BCUT2D eigenvalue weighted by Gasteiger charge is -2.35. The molecule has 1 amide bonds. The number of carbonyl (C=O) groups is 1. The minimum atomic E-state index is -0.149. The van der Waals surface area contributed by atoms with Crippen molar-refractivity contribution in [3.05, 3.63) is 87.4 Å². The largest absolute Gasteiger partial charge is 0.368 e. The second-order valence-corrected chi connectivity index (χ2v) is 10.6. The molecule has 3 heterocycles. The molecule has 1 aliphatic rings. The van der Waals surface area contributed by atoms with Gasteiger partial charge in [0.1, 0.15) is 0 Å². The van der Waals surface area contributed by atoms with Crippen molar-refractivity contribution in [3.63, 3.8) is 0 Å². The zero-order chi connectivity index (χ0) is 25.9. The summed E-state index contributed by atoms with van der Waals surface area (Å²) in [6.07, 6.45) is 0. The molecule has 190 valence electrons. The number of hydrogen-bond donors (Lipinski definition) is 0. The number of halogens is 2. The number of carbonyl (C=O) groups excluding carboxylic acids is 1. The molecule has 0 aliphatic carbocycles. The Balaban J connectivity index is 1.42. The lowest BCUT2D eigenvalue weighted by Crippen LogP contribution is -2.49. The summed E-state index contributed by atoms with van der Waals surface area (Å²) in [5, 5.41) is 10.2. The zero-order valence-corrected chi connectivity index (χ0v) is 22.8. The van der Waals surface area contributed by atoms with E-state index in [1.807, 2.05) is 43.0 Å². The number of benzene rings is 2. The molecule has 37 heavy (non-hydrogen) atoms. The molecule has 0 saturated carbocycles. The van der Waals surface area contributed by atoms with Crippen LogP contribution in [0.1, 0.15) is 27.6 Å². The molecule has 1 fully saturated rings. The van der Waals surface area contributed by atoms with Gasteiger partial charge in [-0.15, -0.1) is 5.10 Å². The topological polar surface area (TPSA) is 80.0 Å². The molecule has 0 atom stereocenters. The van der Waals surface area contributed by atoms with Gasteiger partial charge in [-0.25, -0.2) is 14.6 Å². The molecule has 0 unspecified atom stereocenters. The van der Waals surface area contributed by atoms with E-state index in [1.54, 1.807) is 22.9 Å². The number of thioether (sulfide) groups is 1. The van der Waals surface area contributed by atoms with Crippen LogP contribution in [0.3, 0.4) is 0 Å². The predicted molar refractivity (Wildman–Crippen MR) is 147 cm³/mol. The van der Waals surface area contributed by atoms with E-state index in [4.69, 9.17) is 23.2 Å². The van der Waals surface area contributed by atoms with E-state index in [9.17, 15) is 4.79 Å². The first-order valence-electron chi connectivity index (χ1n) is 11.8. The molecule has 1 saturated heterocycles. The summed E-state index contributed by atoms with van der Waals surface area (Å²) in [7, 11) is 0. The highest BCUT2D eigenvalue weighted by molar-refractivity contribution is 7.98. The van der Waals surface area contributed by atoms with E-state index >= 15 is 0 Å². The lowest BCUT2D eigenvalue weighted by atomic mass is 10.2. The first-order valence-corrected chi connectivity index (χ1v) is 13.6. The molecule has 2 aromatic carbocycles. The summed E-state index contributed by atoms with van der Waals surface area (Å²) in [6.45, 7) is 6.54. The van der Waals surface area contributed by atoms with Crippen LogP contribution < -0.4 is 4.90 Å². The van der Waals surface area contributed by atoms with Crippen molar-refractivity contribution < 1.29 is 4.79 Å². The van der Waals surface area contributed by atoms with Gasteiger partial charge in [-0.3, -0.25) is 4.79 Å². The fourth-order valence-electron chi connectivity index (χ4n) is 4.31. The number of nitrogens with zero attached hydrogens (tertiary/aromatic N) is 7. The van der Waals surface area contributed by atoms with Crippen LogP contribution >= 0.6 is 35.0 Å². The number of piperazine rings is 1. The zero-order valence-electron chi connectivity index (χ0n) is 20.4. The smallest absolute Gasteiger partial charge is 0.276 e. The Labute approximate surface area is 229 Å². The highest BCUT2D eigenvalue weighted by atomic mass is 35.5. The first kappa shape index (κ1) is 25.5. The summed E-state index contributed by atoms with van der Waals surface area (Å²) >= 11 is 14.0. The third-order valence-corrected chi connectivity index (χ3v) is 7.34. The number of aryl methyl sites for hydroxylation is 2. The second kappa shape index (κ2) is 11.1. The number of para-hydroxylation sites is 1. The number of amides is 1. The van der Waals surface area contributed by atoms with Crippen molar-refractivity contribution in [2.75, 3.05) is 31.1 Å². The quantitative estimate of drug-likeness (QED) is 0.238. The van der Waals surface area contributed by atoms with E-state index in [-0.39, 0.29) is 5.91 Å².